The topological polar surface area (TPSA) is 119 Å². The van der Waals surface area contributed by atoms with Gasteiger partial charge in [0.05, 0.1) is 11.9 Å². The van der Waals surface area contributed by atoms with E-state index in [-0.39, 0.29) is 36.1 Å². The van der Waals surface area contributed by atoms with Crippen LogP contribution in [0.3, 0.4) is 0 Å². The molecule has 1 heterocycles. The average Bonchev–Trinajstić information content (AvgIpc) is 3.28. The number of carbonyl (C=O) groups excluding carboxylic acids is 3. The minimum Gasteiger partial charge on any atom is -0.508 e. The molecule has 1 aliphatic rings. The van der Waals surface area contributed by atoms with Crippen LogP contribution in [0.2, 0.25) is 5.02 Å². The second-order valence-corrected chi connectivity index (χ2v) is 13.1. The van der Waals surface area contributed by atoms with Crippen molar-refractivity contribution in [2.45, 2.75) is 63.6 Å². The van der Waals surface area contributed by atoms with Gasteiger partial charge in [-0.1, -0.05) is 54.1 Å². The zero-order chi connectivity index (χ0) is 30.6. The quantitative estimate of drug-likeness (QED) is 0.286. The fourth-order valence-corrected chi connectivity index (χ4v) is 6.48. The number of halogens is 1. The van der Waals surface area contributed by atoms with Crippen molar-refractivity contribution in [2.24, 2.45) is 0 Å². The molecule has 42 heavy (non-hydrogen) atoms. The summed E-state index contributed by atoms with van der Waals surface area (Å²) in [5.74, 6) is -1.33. The van der Waals surface area contributed by atoms with Crippen LogP contribution in [0, 0.1) is 13.8 Å². The van der Waals surface area contributed by atoms with E-state index < -0.39 is 34.7 Å². The monoisotopic (exact) mass is 609 g/mol. The molecule has 0 aromatic heterocycles. The molecule has 1 fully saturated rings. The largest absolute Gasteiger partial charge is 0.508 e. The van der Waals surface area contributed by atoms with Crippen molar-refractivity contribution >= 4 is 41.1 Å². The third-order valence-corrected chi connectivity index (χ3v) is 9.24. The predicted molar refractivity (Wildman–Crippen MR) is 165 cm³/mol. The van der Waals surface area contributed by atoms with Crippen molar-refractivity contribution < 1.29 is 24.6 Å². The number of hydrogen-bond acceptors (Lipinski definition) is 6. The summed E-state index contributed by atoms with van der Waals surface area (Å²) in [6.45, 7) is 7.58. The van der Waals surface area contributed by atoms with Crippen LogP contribution in [-0.2, 0) is 22.6 Å². The lowest BCUT2D eigenvalue weighted by atomic mass is 9.96. The average molecular weight is 610 g/mol. The number of aryl methyl sites for hydroxylation is 1. The molecule has 3 aromatic rings. The van der Waals surface area contributed by atoms with Gasteiger partial charge in [-0.15, -0.1) is 11.8 Å². The summed E-state index contributed by atoms with van der Waals surface area (Å²) in [4.78, 5) is 42.1. The summed E-state index contributed by atoms with van der Waals surface area (Å²) < 4.78 is -0.620. The van der Waals surface area contributed by atoms with Gasteiger partial charge < -0.3 is 25.7 Å². The van der Waals surface area contributed by atoms with Crippen molar-refractivity contribution in [2.75, 3.05) is 5.88 Å². The first-order chi connectivity index (χ1) is 19.9. The minimum atomic E-state index is -1.63. The molecule has 10 heteroatoms. The maximum atomic E-state index is 13.9. The third kappa shape index (κ3) is 7.09. The summed E-state index contributed by atoms with van der Waals surface area (Å²) in [6, 6.07) is 17.4. The van der Waals surface area contributed by atoms with Gasteiger partial charge in [0.2, 0.25) is 5.91 Å². The number of aromatic hydroxyl groups is 1. The van der Waals surface area contributed by atoms with Crippen molar-refractivity contribution in [3.63, 3.8) is 0 Å². The second-order valence-electron chi connectivity index (χ2n) is 11.0. The number of rotatable bonds is 9. The van der Waals surface area contributed by atoms with Crippen LogP contribution < -0.4 is 10.6 Å². The zero-order valence-corrected chi connectivity index (χ0v) is 25.6. The maximum Gasteiger partial charge on any atom is 0.254 e. The van der Waals surface area contributed by atoms with Crippen LogP contribution >= 0.6 is 23.4 Å². The Hall–Kier alpha value is -3.53. The van der Waals surface area contributed by atoms with Crippen molar-refractivity contribution in [3.8, 4) is 5.75 Å². The number of nitrogens with one attached hydrogen (secondary N) is 2. The van der Waals surface area contributed by atoms with Crippen molar-refractivity contribution in [3.05, 3.63) is 99.6 Å². The van der Waals surface area contributed by atoms with E-state index in [0.717, 1.165) is 16.7 Å². The maximum absolute atomic E-state index is 13.9. The molecule has 4 rings (SSSR count). The number of amides is 3. The van der Waals surface area contributed by atoms with Gasteiger partial charge in [-0.3, -0.25) is 14.4 Å². The van der Waals surface area contributed by atoms with E-state index in [2.05, 4.69) is 10.6 Å². The van der Waals surface area contributed by atoms with E-state index >= 15 is 0 Å². The standard InChI is InChI=1S/C32H36ClN3O5S/c1-19-15-23(33)14-13-22(19)17-34-30(40)28-32(3,4)42-18-36(28)31(41)27(38)25(16-21-9-6-5-7-10-21)35-29(39)24-11-8-12-26(37)20(24)2/h5-15,25,27-28,37-38H,16-18H2,1-4H3,(H,34,40)(H,35,39). The number of aliphatic hydroxyl groups excluding tert-OH is 1. The van der Waals surface area contributed by atoms with Gasteiger partial charge >= 0.3 is 0 Å². The Kier molecular flexibility index (Phi) is 9.86. The fourth-order valence-electron chi connectivity index (χ4n) is 5.12. The smallest absolute Gasteiger partial charge is 0.254 e. The molecule has 0 bridgehead atoms. The highest BCUT2D eigenvalue weighted by Gasteiger charge is 2.49. The molecule has 4 N–H and O–H groups in total. The second kappa shape index (κ2) is 13.2. The van der Waals surface area contributed by atoms with Crippen LogP contribution in [0.5, 0.6) is 5.75 Å². The minimum absolute atomic E-state index is 0.0298. The Labute approximate surface area is 255 Å². The van der Waals surface area contributed by atoms with Crippen LogP contribution in [0.15, 0.2) is 66.7 Å². The number of benzene rings is 3. The number of hydrogen-bond donors (Lipinski definition) is 4. The molecule has 3 unspecified atom stereocenters. The first-order valence-corrected chi connectivity index (χ1v) is 15.0. The Bertz CT molecular complexity index is 1470. The van der Waals surface area contributed by atoms with Crippen molar-refractivity contribution in [1.29, 1.82) is 0 Å². The molecule has 1 aliphatic heterocycles. The molecular weight excluding hydrogens is 574 g/mol. The Balaban J connectivity index is 1.56. The van der Waals surface area contributed by atoms with Gasteiger partial charge in [0, 0.05) is 27.4 Å². The first-order valence-electron chi connectivity index (χ1n) is 13.7. The summed E-state index contributed by atoms with van der Waals surface area (Å²) in [7, 11) is 0. The van der Waals surface area contributed by atoms with E-state index in [0.29, 0.717) is 10.6 Å². The SMILES string of the molecule is Cc1cc(Cl)ccc1CNC(=O)C1N(C(=O)C(O)C(Cc2ccccc2)NC(=O)c2cccc(O)c2C)CSC1(C)C. The van der Waals surface area contributed by atoms with Gasteiger partial charge in [0.1, 0.15) is 11.8 Å². The number of phenolic OH excluding ortho intramolecular Hbond substituents is 1. The predicted octanol–water partition coefficient (Wildman–Crippen LogP) is 4.36. The first kappa shape index (κ1) is 31.4. The van der Waals surface area contributed by atoms with Gasteiger partial charge in [0.15, 0.2) is 6.10 Å². The molecule has 0 radical (unpaired) electrons. The fraction of sp³-hybridized carbons (Fsp3) is 0.344. The van der Waals surface area contributed by atoms with Gasteiger partial charge in [0.25, 0.3) is 11.8 Å². The highest BCUT2D eigenvalue weighted by molar-refractivity contribution is 8.00. The molecule has 3 amide bonds. The van der Waals surface area contributed by atoms with Crippen LogP contribution in [0.25, 0.3) is 0 Å². The molecule has 0 saturated carbocycles. The number of phenols is 1. The van der Waals surface area contributed by atoms with Gasteiger partial charge in [-0.05, 0) is 75.1 Å². The lowest BCUT2D eigenvalue weighted by Gasteiger charge is -2.33. The number of carbonyl (C=O) groups is 3. The van der Waals surface area contributed by atoms with E-state index in [1.54, 1.807) is 25.1 Å². The molecule has 0 spiro atoms. The lowest BCUT2D eigenvalue weighted by molar-refractivity contribution is -0.147. The summed E-state index contributed by atoms with van der Waals surface area (Å²) >= 11 is 7.51. The van der Waals surface area contributed by atoms with Crippen molar-refractivity contribution in [1.82, 2.24) is 15.5 Å². The van der Waals surface area contributed by atoms with E-state index in [1.165, 1.54) is 22.7 Å². The van der Waals surface area contributed by atoms with Crippen LogP contribution in [0.1, 0.15) is 46.5 Å². The summed E-state index contributed by atoms with van der Waals surface area (Å²) in [6.07, 6.45) is -1.45. The molecule has 3 atom stereocenters. The Morgan fingerprint density at radius 2 is 1.79 bits per heavy atom. The Morgan fingerprint density at radius 1 is 1.07 bits per heavy atom. The molecule has 8 nitrogen and oxygen atoms in total. The highest BCUT2D eigenvalue weighted by Crippen LogP contribution is 2.40. The zero-order valence-electron chi connectivity index (χ0n) is 24.1. The number of thioether (sulfide) groups is 1. The highest BCUT2D eigenvalue weighted by atomic mass is 35.5. The Morgan fingerprint density at radius 3 is 2.48 bits per heavy atom. The van der Waals surface area contributed by atoms with Gasteiger partial charge in [-0.2, -0.15) is 0 Å². The summed E-state index contributed by atoms with van der Waals surface area (Å²) in [5, 5.41) is 27.9. The molecule has 0 aliphatic carbocycles. The van der Waals surface area contributed by atoms with E-state index in [4.69, 9.17) is 11.6 Å². The number of nitrogens with zero attached hydrogens (tertiary/aromatic N) is 1. The molecule has 222 valence electrons. The van der Waals surface area contributed by atoms with Crippen LogP contribution in [-0.4, -0.2) is 61.6 Å². The van der Waals surface area contributed by atoms with E-state index in [1.807, 2.05) is 63.2 Å². The lowest BCUT2D eigenvalue weighted by Crippen LogP contribution is -2.58. The third-order valence-electron chi connectivity index (χ3n) is 7.63. The molecular formula is C32H36ClN3O5S. The van der Waals surface area contributed by atoms with E-state index in [9.17, 15) is 24.6 Å². The molecule has 1 saturated heterocycles. The molecule has 3 aromatic carbocycles. The van der Waals surface area contributed by atoms with Gasteiger partial charge in [-0.25, -0.2) is 0 Å². The number of aliphatic hydroxyl groups is 1. The normalized spacial score (nSPS) is 17.4. The summed E-state index contributed by atoms with van der Waals surface area (Å²) in [5.41, 5.74) is 3.28. The van der Waals surface area contributed by atoms with Crippen LogP contribution in [0.4, 0.5) is 0 Å².